The van der Waals surface area contributed by atoms with E-state index in [2.05, 4.69) is 10.3 Å². The van der Waals surface area contributed by atoms with Crippen molar-refractivity contribution in [3.8, 4) is 5.88 Å². The molecule has 1 rings (SSSR count). The summed E-state index contributed by atoms with van der Waals surface area (Å²) in [6.07, 6.45) is 1.42. The van der Waals surface area contributed by atoms with Crippen LogP contribution in [0.2, 0.25) is 0 Å². The van der Waals surface area contributed by atoms with Crippen LogP contribution in [0.3, 0.4) is 0 Å². The number of anilines is 1. The van der Waals surface area contributed by atoms with Crippen LogP contribution >= 0.6 is 0 Å². The van der Waals surface area contributed by atoms with Crippen LogP contribution in [-0.2, 0) is 14.2 Å². The Bertz CT molecular complexity index is 314. The topological polar surface area (TPSA) is 61.8 Å². The molecule has 0 amide bonds. The lowest BCUT2D eigenvalue weighted by Crippen LogP contribution is -2.23. The molecule has 0 aliphatic rings. The van der Waals surface area contributed by atoms with Crippen molar-refractivity contribution in [2.24, 2.45) is 0 Å². The van der Waals surface area contributed by atoms with E-state index in [0.717, 1.165) is 5.69 Å². The normalized spacial score (nSPS) is 10.7. The largest absolute Gasteiger partial charge is 0.475 e. The van der Waals surface area contributed by atoms with Gasteiger partial charge in [-0.3, -0.25) is 0 Å². The molecule has 0 saturated carbocycles. The molecule has 18 heavy (non-hydrogen) atoms. The number of rotatable bonds is 9. The summed E-state index contributed by atoms with van der Waals surface area (Å²) in [6.45, 7) is 1.59. The summed E-state index contributed by atoms with van der Waals surface area (Å²) >= 11 is 0. The molecule has 0 fully saturated rings. The molecule has 1 heterocycles. The molecule has 1 aromatic heterocycles. The van der Waals surface area contributed by atoms with Gasteiger partial charge in [0.05, 0.1) is 25.0 Å². The summed E-state index contributed by atoms with van der Waals surface area (Å²) < 4.78 is 20.4. The first-order valence-electron chi connectivity index (χ1n) is 5.67. The summed E-state index contributed by atoms with van der Waals surface area (Å²) in [5, 5.41) is 3.15. The summed E-state index contributed by atoms with van der Waals surface area (Å²) in [7, 11) is 4.83. The Labute approximate surface area is 107 Å². The van der Waals surface area contributed by atoms with Gasteiger partial charge in [0.15, 0.2) is 6.29 Å². The molecule has 6 nitrogen and oxygen atoms in total. The molecule has 0 aliphatic carbocycles. The van der Waals surface area contributed by atoms with Crippen molar-refractivity contribution >= 4 is 5.69 Å². The lowest BCUT2D eigenvalue weighted by molar-refractivity contribution is -0.0914. The average Bonchev–Trinajstić information content (AvgIpc) is 2.42. The molecule has 102 valence electrons. The van der Waals surface area contributed by atoms with Crippen LogP contribution in [0, 0.1) is 0 Å². The van der Waals surface area contributed by atoms with Gasteiger partial charge in [0.25, 0.3) is 0 Å². The lowest BCUT2D eigenvalue weighted by Gasteiger charge is -2.14. The molecule has 0 aliphatic heterocycles. The first-order valence-corrected chi connectivity index (χ1v) is 5.67. The molecule has 1 aromatic rings. The molecular weight excluding hydrogens is 236 g/mol. The Hall–Kier alpha value is -1.37. The standard InChI is InChI=1S/C12H20N2O4/c1-15-6-7-18-11-5-4-10(8-14-11)13-9-12(16-2)17-3/h4-5,8,12-13H,6-7,9H2,1-3H3. The second-order valence-electron chi connectivity index (χ2n) is 3.51. The minimum atomic E-state index is -0.275. The SMILES string of the molecule is COCCOc1ccc(NCC(OC)OC)cn1. The van der Waals surface area contributed by atoms with Crippen LogP contribution < -0.4 is 10.1 Å². The zero-order valence-electron chi connectivity index (χ0n) is 11.0. The first-order chi connectivity index (χ1) is 8.80. The van der Waals surface area contributed by atoms with Gasteiger partial charge < -0.3 is 24.3 Å². The molecular formula is C12H20N2O4. The summed E-state index contributed by atoms with van der Waals surface area (Å²) in [4.78, 5) is 4.16. The van der Waals surface area contributed by atoms with Crippen molar-refractivity contribution in [2.75, 3.05) is 46.4 Å². The van der Waals surface area contributed by atoms with Crippen LogP contribution in [0.5, 0.6) is 5.88 Å². The van der Waals surface area contributed by atoms with Gasteiger partial charge in [0, 0.05) is 27.4 Å². The number of pyridine rings is 1. The average molecular weight is 256 g/mol. The third-order valence-electron chi connectivity index (χ3n) is 2.27. The highest BCUT2D eigenvalue weighted by Gasteiger charge is 2.04. The summed E-state index contributed by atoms with van der Waals surface area (Å²) in [5.74, 6) is 0.577. The Kier molecular flexibility index (Phi) is 7.09. The third-order valence-corrected chi connectivity index (χ3v) is 2.27. The molecule has 0 spiro atoms. The van der Waals surface area contributed by atoms with Gasteiger partial charge in [-0.15, -0.1) is 0 Å². The second-order valence-corrected chi connectivity index (χ2v) is 3.51. The number of hydrogen-bond donors (Lipinski definition) is 1. The van der Waals surface area contributed by atoms with E-state index >= 15 is 0 Å². The Balaban J connectivity index is 2.35. The van der Waals surface area contributed by atoms with Gasteiger partial charge in [0.2, 0.25) is 5.88 Å². The Morgan fingerprint density at radius 3 is 2.50 bits per heavy atom. The third kappa shape index (κ3) is 5.31. The van der Waals surface area contributed by atoms with E-state index < -0.39 is 0 Å². The molecule has 0 saturated heterocycles. The molecule has 1 N–H and O–H groups in total. The monoisotopic (exact) mass is 256 g/mol. The number of hydrogen-bond acceptors (Lipinski definition) is 6. The van der Waals surface area contributed by atoms with E-state index in [1.54, 1.807) is 33.6 Å². The highest BCUT2D eigenvalue weighted by molar-refractivity contribution is 5.41. The quantitative estimate of drug-likeness (QED) is 0.528. The van der Waals surface area contributed by atoms with Crippen molar-refractivity contribution in [2.45, 2.75) is 6.29 Å². The lowest BCUT2D eigenvalue weighted by atomic mass is 10.4. The van der Waals surface area contributed by atoms with E-state index in [9.17, 15) is 0 Å². The number of ether oxygens (including phenoxy) is 4. The number of nitrogens with one attached hydrogen (secondary N) is 1. The maximum absolute atomic E-state index is 5.36. The van der Waals surface area contributed by atoms with Crippen molar-refractivity contribution in [3.05, 3.63) is 18.3 Å². The predicted octanol–water partition coefficient (Wildman–Crippen LogP) is 1.14. The van der Waals surface area contributed by atoms with Crippen molar-refractivity contribution < 1.29 is 18.9 Å². The van der Waals surface area contributed by atoms with Gasteiger partial charge in [0.1, 0.15) is 6.61 Å². The van der Waals surface area contributed by atoms with Crippen molar-refractivity contribution in [3.63, 3.8) is 0 Å². The molecule has 0 unspecified atom stereocenters. The van der Waals surface area contributed by atoms with Crippen LogP contribution in [0.25, 0.3) is 0 Å². The fourth-order valence-electron chi connectivity index (χ4n) is 1.26. The minimum Gasteiger partial charge on any atom is -0.475 e. The van der Waals surface area contributed by atoms with E-state index in [4.69, 9.17) is 18.9 Å². The van der Waals surface area contributed by atoms with Gasteiger partial charge in [-0.05, 0) is 6.07 Å². The summed E-state index contributed by atoms with van der Waals surface area (Å²) in [6, 6.07) is 3.68. The molecule has 0 aromatic carbocycles. The molecule has 6 heteroatoms. The highest BCUT2D eigenvalue weighted by Crippen LogP contribution is 2.11. The maximum Gasteiger partial charge on any atom is 0.213 e. The molecule has 0 atom stereocenters. The van der Waals surface area contributed by atoms with Gasteiger partial charge in [-0.2, -0.15) is 0 Å². The molecule has 0 radical (unpaired) electrons. The fourth-order valence-corrected chi connectivity index (χ4v) is 1.26. The van der Waals surface area contributed by atoms with E-state index in [1.807, 2.05) is 6.07 Å². The zero-order valence-corrected chi connectivity index (χ0v) is 11.0. The highest BCUT2D eigenvalue weighted by atomic mass is 16.7. The smallest absolute Gasteiger partial charge is 0.213 e. The first kappa shape index (κ1) is 14.7. The van der Waals surface area contributed by atoms with Crippen LogP contribution in [0.4, 0.5) is 5.69 Å². The van der Waals surface area contributed by atoms with Crippen molar-refractivity contribution in [1.29, 1.82) is 0 Å². The number of aromatic nitrogens is 1. The number of methoxy groups -OCH3 is 3. The maximum atomic E-state index is 5.36. The summed E-state index contributed by atoms with van der Waals surface area (Å²) in [5.41, 5.74) is 0.883. The molecule has 0 bridgehead atoms. The van der Waals surface area contributed by atoms with E-state index in [1.165, 1.54) is 0 Å². The van der Waals surface area contributed by atoms with E-state index in [-0.39, 0.29) is 6.29 Å². The predicted molar refractivity (Wildman–Crippen MR) is 67.9 cm³/mol. The number of nitrogens with zero attached hydrogens (tertiary/aromatic N) is 1. The van der Waals surface area contributed by atoms with Crippen molar-refractivity contribution in [1.82, 2.24) is 4.98 Å². The van der Waals surface area contributed by atoms with Gasteiger partial charge >= 0.3 is 0 Å². The van der Waals surface area contributed by atoms with E-state index in [0.29, 0.717) is 25.6 Å². The van der Waals surface area contributed by atoms with Gasteiger partial charge in [-0.25, -0.2) is 4.98 Å². The van der Waals surface area contributed by atoms with Crippen LogP contribution in [-0.4, -0.2) is 52.4 Å². The zero-order chi connectivity index (χ0) is 13.2. The van der Waals surface area contributed by atoms with Gasteiger partial charge in [-0.1, -0.05) is 0 Å². The minimum absolute atomic E-state index is 0.275. The Morgan fingerprint density at radius 2 is 1.94 bits per heavy atom. The second kappa shape index (κ2) is 8.68. The Morgan fingerprint density at radius 1 is 1.17 bits per heavy atom. The fraction of sp³-hybridized carbons (Fsp3) is 0.583. The van der Waals surface area contributed by atoms with Crippen LogP contribution in [0.15, 0.2) is 18.3 Å². The van der Waals surface area contributed by atoms with Crippen LogP contribution in [0.1, 0.15) is 0 Å².